The van der Waals surface area contributed by atoms with E-state index in [0.29, 0.717) is 13.0 Å². The molecule has 9 heteroatoms. The van der Waals surface area contributed by atoms with Crippen LogP contribution < -0.4 is 0 Å². The summed E-state index contributed by atoms with van der Waals surface area (Å²) in [7, 11) is 0. The van der Waals surface area contributed by atoms with Crippen molar-refractivity contribution in [3.05, 3.63) is 83.7 Å². The molecule has 5 rings (SSSR count). The average molecular weight is 494 g/mol. The highest BCUT2D eigenvalue weighted by Gasteiger charge is 2.59. The zero-order valence-electron chi connectivity index (χ0n) is 20.7. The van der Waals surface area contributed by atoms with Crippen molar-refractivity contribution < 1.29 is 28.5 Å². The molecule has 3 aromatic rings. The number of aromatic nitrogens is 3. The predicted octanol–water partition coefficient (Wildman–Crippen LogP) is 3.43. The minimum absolute atomic E-state index is 0.218. The first kappa shape index (κ1) is 24.6. The Morgan fingerprint density at radius 3 is 2.44 bits per heavy atom. The lowest BCUT2D eigenvalue weighted by atomic mass is 10.0. The van der Waals surface area contributed by atoms with E-state index in [4.69, 9.17) is 23.7 Å². The van der Waals surface area contributed by atoms with Crippen LogP contribution in [0.4, 0.5) is 0 Å². The summed E-state index contributed by atoms with van der Waals surface area (Å²) in [5, 5.41) is 8.59. The van der Waals surface area contributed by atoms with Gasteiger partial charge in [0.25, 0.3) is 0 Å². The van der Waals surface area contributed by atoms with Crippen LogP contribution in [0.1, 0.15) is 43.6 Å². The summed E-state index contributed by atoms with van der Waals surface area (Å²) in [5.41, 5.74) is 2.82. The van der Waals surface area contributed by atoms with Crippen LogP contribution >= 0.6 is 0 Å². The minimum atomic E-state index is -0.927. The van der Waals surface area contributed by atoms with Gasteiger partial charge in [-0.2, -0.15) is 0 Å². The molecule has 0 aliphatic carbocycles. The van der Waals surface area contributed by atoms with E-state index in [1.807, 2.05) is 74.5 Å². The van der Waals surface area contributed by atoms with Crippen molar-refractivity contribution in [2.24, 2.45) is 0 Å². The fourth-order valence-electron chi connectivity index (χ4n) is 4.67. The predicted molar refractivity (Wildman–Crippen MR) is 129 cm³/mol. The SMILES string of the molecule is CCOC(=O)[C@H]([C@H]1O[C@@H]2OC(C)(C)O[C@@H]2[C@H]1OCc1ccccc1)n1cc(Cc2ccccc2)nn1. The molecule has 5 atom stereocenters. The number of fused-ring (bicyclic) bond motifs is 1. The van der Waals surface area contributed by atoms with E-state index in [-0.39, 0.29) is 6.61 Å². The van der Waals surface area contributed by atoms with Crippen LogP contribution in [-0.2, 0) is 41.5 Å². The minimum Gasteiger partial charge on any atom is -0.464 e. The number of benzene rings is 2. The van der Waals surface area contributed by atoms with Gasteiger partial charge in [0, 0.05) is 12.6 Å². The molecule has 0 amide bonds. The standard InChI is InChI=1S/C27H31N3O6/c1-4-32-25(31)21(30-16-20(28-29-30)15-18-11-7-5-8-12-18)22-23(33-17-19-13-9-6-10-14-19)24-26(34-22)36-27(2,3)35-24/h5-14,16,21-24,26H,4,15,17H2,1-3H3/t21-,22+,23-,24+,26+/m0/s1. The summed E-state index contributed by atoms with van der Waals surface area (Å²) in [6.45, 7) is 5.96. The molecule has 0 saturated carbocycles. The molecule has 2 aromatic carbocycles. The number of ether oxygens (including phenoxy) is 5. The molecule has 0 unspecified atom stereocenters. The summed E-state index contributed by atoms with van der Waals surface area (Å²) >= 11 is 0. The summed E-state index contributed by atoms with van der Waals surface area (Å²) in [5.74, 6) is -1.31. The number of carbonyl (C=O) groups is 1. The molecule has 0 bridgehead atoms. The number of carbonyl (C=O) groups excluding carboxylic acids is 1. The second kappa shape index (κ2) is 10.5. The molecule has 36 heavy (non-hydrogen) atoms. The van der Waals surface area contributed by atoms with E-state index < -0.39 is 42.4 Å². The third-order valence-corrected chi connectivity index (χ3v) is 6.22. The molecule has 2 fully saturated rings. The monoisotopic (exact) mass is 493 g/mol. The van der Waals surface area contributed by atoms with Crippen molar-refractivity contribution in [2.75, 3.05) is 6.61 Å². The molecular formula is C27H31N3O6. The van der Waals surface area contributed by atoms with Gasteiger partial charge in [-0.25, -0.2) is 9.48 Å². The highest BCUT2D eigenvalue weighted by Crippen LogP contribution is 2.42. The number of hydrogen-bond donors (Lipinski definition) is 0. The van der Waals surface area contributed by atoms with Crippen LogP contribution in [0.3, 0.4) is 0 Å². The summed E-state index contributed by atoms with van der Waals surface area (Å²) in [4.78, 5) is 13.2. The van der Waals surface area contributed by atoms with Crippen LogP contribution in [0.2, 0.25) is 0 Å². The Hall–Kier alpha value is -3.11. The maximum absolute atomic E-state index is 13.2. The molecular weight excluding hydrogens is 462 g/mol. The fourth-order valence-corrected chi connectivity index (χ4v) is 4.67. The van der Waals surface area contributed by atoms with Gasteiger partial charge in [-0.3, -0.25) is 0 Å². The topological polar surface area (TPSA) is 93.9 Å². The molecule has 0 radical (unpaired) electrons. The first-order valence-corrected chi connectivity index (χ1v) is 12.2. The lowest BCUT2D eigenvalue weighted by molar-refractivity contribution is -0.226. The number of nitrogens with zero attached hydrogens (tertiary/aromatic N) is 3. The smallest absolute Gasteiger partial charge is 0.333 e. The van der Waals surface area contributed by atoms with E-state index in [9.17, 15) is 4.79 Å². The normalized spacial score (nSPS) is 25.4. The fraction of sp³-hybridized carbons (Fsp3) is 0.444. The molecule has 190 valence electrons. The van der Waals surface area contributed by atoms with Crippen molar-refractivity contribution >= 4 is 5.97 Å². The third-order valence-electron chi connectivity index (χ3n) is 6.22. The van der Waals surface area contributed by atoms with Gasteiger partial charge < -0.3 is 23.7 Å². The van der Waals surface area contributed by atoms with Gasteiger partial charge in [0.05, 0.1) is 18.9 Å². The van der Waals surface area contributed by atoms with Gasteiger partial charge >= 0.3 is 5.97 Å². The highest BCUT2D eigenvalue weighted by atomic mass is 16.8. The maximum Gasteiger partial charge on any atom is 0.333 e. The van der Waals surface area contributed by atoms with Crippen LogP contribution in [-0.4, -0.2) is 58.0 Å². The van der Waals surface area contributed by atoms with E-state index in [1.54, 1.807) is 13.1 Å². The first-order valence-electron chi connectivity index (χ1n) is 12.2. The van der Waals surface area contributed by atoms with Gasteiger partial charge in [-0.05, 0) is 31.9 Å². The quantitative estimate of drug-likeness (QED) is 0.419. The van der Waals surface area contributed by atoms with Crippen molar-refractivity contribution in [3.63, 3.8) is 0 Å². The zero-order valence-corrected chi connectivity index (χ0v) is 20.7. The first-order chi connectivity index (χ1) is 17.4. The Balaban J connectivity index is 1.42. The Bertz CT molecular complexity index is 1150. The van der Waals surface area contributed by atoms with E-state index >= 15 is 0 Å². The zero-order chi connectivity index (χ0) is 25.1. The van der Waals surface area contributed by atoms with Crippen LogP contribution in [0.25, 0.3) is 0 Å². The van der Waals surface area contributed by atoms with Gasteiger partial charge in [0.15, 0.2) is 18.1 Å². The summed E-state index contributed by atoms with van der Waals surface area (Å²) in [6.07, 6.45) is -0.223. The molecule has 1 aromatic heterocycles. The van der Waals surface area contributed by atoms with E-state index in [2.05, 4.69) is 10.3 Å². The van der Waals surface area contributed by atoms with Crippen molar-refractivity contribution in [1.29, 1.82) is 0 Å². The molecule has 2 aliphatic rings. The molecule has 2 saturated heterocycles. The Kier molecular flexibility index (Phi) is 7.15. The molecule has 3 heterocycles. The van der Waals surface area contributed by atoms with Gasteiger partial charge in [-0.15, -0.1) is 5.10 Å². The summed E-state index contributed by atoms with van der Waals surface area (Å²) in [6, 6.07) is 18.8. The molecule has 2 aliphatic heterocycles. The van der Waals surface area contributed by atoms with Crippen LogP contribution in [0, 0.1) is 0 Å². The van der Waals surface area contributed by atoms with E-state index in [1.165, 1.54) is 4.68 Å². The molecule has 0 N–H and O–H groups in total. The van der Waals surface area contributed by atoms with Gasteiger partial charge in [0.2, 0.25) is 0 Å². The largest absolute Gasteiger partial charge is 0.464 e. The van der Waals surface area contributed by atoms with Crippen molar-refractivity contribution in [3.8, 4) is 0 Å². The van der Waals surface area contributed by atoms with Crippen LogP contribution in [0.15, 0.2) is 66.9 Å². The third kappa shape index (κ3) is 5.34. The van der Waals surface area contributed by atoms with Crippen molar-refractivity contribution in [2.45, 2.75) is 70.2 Å². The lowest BCUT2D eigenvalue weighted by Gasteiger charge is -2.29. The van der Waals surface area contributed by atoms with E-state index in [0.717, 1.165) is 16.8 Å². The lowest BCUT2D eigenvalue weighted by Crippen LogP contribution is -2.44. The molecule has 9 nitrogen and oxygen atoms in total. The van der Waals surface area contributed by atoms with Gasteiger partial charge in [-0.1, -0.05) is 65.9 Å². The summed E-state index contributed by atoms with van der Waals surface area (Å²) < 4.78 is 31.7. The van der Waals surface area contributed by atoms with Crippen molar-refractivity contribution in [1.82, 2.24) is 15.0 Å². The highest BCUT2D eigenvalue weighted by molar-refractivity contribution is 5.75. The Morgan fingerprint density at radius 2 is 1.75 bits per heavy atom. The maximum atomic E-state index is 13.2. The number of esters is 1. The molecule has 0 spiro atoms. The Labute approximate surface area is 210 Å². The van der Waals surface area contributed by atoms with Crippen LogP contribution in [0.5, 0.6) is 0 Å². The number of rotatable bonds is 9. The average Bonchev–Trinajstić information content (AvgIpc) is 3.52. The van der Waals surface area contributed by atoms with Gasteiger partial charge in [0.1, 0.15) is 18.3 Å². The second-order valence-electron chi connectivity index (χ2n) is 9.38. The number of hydrogen-bond acceptors (Lipinski definition) is 8. The Morgan fingerprint density at radius 1 is 1.06 bits per heavy atom. The second-order valence-corrected chi connectivity index (χ2v) is 9.38.